The van der Waals surface area contributed by atoms with Crippen LogP contribution in [-0.2, 0) is 6.54 Å². The average molecular weight is 248 g/mol. The Morgan fingerprint density at radius 3 is 3.00 bits per heavy atom. The summed E-state index contributed by atoms with van der Waals surface area (Å²) in [5.41, 5.74) is 0.438. The first-order valence-electron chi connectivity index (χ1n) is 7.22. The zero-order chi connectivity index (χ0) is 12.4. The number of hydrogen-bond donors (Lipinski definition) is 1. The third-order valence-corrected chi connectivity index (χ3v) is 4.27. The van der Waals surface area contributed by atoms with E-state index in [1.165, 1.54) is 38.8 Å². The summed E-state index contributed by atoms with van der Waals surface area (Å²) in [6.07, 6.45) is 7.18. The molecule has 3 nitrogen and oxygen atoms in total. The van der Waals surface area contributed by atoms with Crippen molar-refractivity contribution in [3.05, 3.63) is 24.2 Å². The van der Waals surface area contributed by atoms with Crippen molar-refractivity contribution in [3.63, 3.8) is 0 Å². The fraction of sp³-hybridized carbons (Fsp3) is 0.733. The van der Waals surface area contributed by atoms with Crippen molar-refractivity contribution in [1.29, 1.82) is 0 Å². The maximum Gasteiger partial charge on any atom is 0.117 e. The Labute approximate surface area is 110 Å². The largest absolute Gasteiger partial charge is 0.468 e. The van der Waals surface area contributed by atoms with Gasteiger partial charge in [0.2, 0.25) is 0 Å². The van der Waals surface area contributed by atoms with Crippen molar-refractivity contribution in [2.45, 2.75) is 45.2 Å². The predicted octanol–water partition coefficient (Wildman–Crippen LogP) is 2.63. The van der Waals surface area contributed by atoms with Crippen LogP contribution >= 0.6 is 0 Å². The lowest BCUT2D eigenvalue weighted by molar-refractivity contribution is 0.115. The predicted molar refractivity (Wildman–Crippen MR) is 72.4 cm³/mol. The molecule has 18 heavy (non-hydrogen) atoms. The lowest BCUT2D eigenvalue weighted by atomic mass is 9.82. The van der Waals surface area contributed by atoms with Gasteiger partial charge in [-0.2, -0.15) is 0 Å². The SMILES string of the molecule is CC1(CN(Cc2ccco2)C2CC2)CCCNC1. The molecule has 0 radical (unpaired) electrons. The molecule has 1 saturated carbocycles. The molecule has 1 N–H and O–H groups in total. The molecule has 1 unspecified atom stereocenters. The van der Waals surface area contributed by atoms with E-state index >= 15 is 0 Å². The van der Waals surface area contributed by atoms with Crippen LogP contribution in [0.4, 0.5) is 0 Å². The minimum Gasteiger partial charge on any atom is -0.468 e. The highest BCUT2D eigenvalue weighted by atomic mass is 16.3. The number of furan rings is 1. The molecule has 1 aromatic rings. The van der Waals surface area contributed by atoms with Crippen LogP contribution in [0.3, 0.4) is 0 Å². The Morgan fingerprint density at radius 1 is 1.50 bits per heavy atom. The van der Waals surface area contributed by atoms with Gasteiger partial charge in [-0.25, -0.2) is 0 Å². The van der Waals surface area contributed by atoms with Crippen molar-refractivity contribution in [2.75, 3.05) is 19.6 Å². The van der Waals surface area contributed by atoms with Crippen LogP contribution in [-0.4, -0.2) is 30.6 Å². The summed E-state index contributed by atoms with van der Waals surface area (Å²) < 4.78 is 5.51. The second-order valence-corrected chi connectivity index (χ2v) is 6.31. The lowest BCUT2D eigenvalue weighted by Crippen LogP contribution is -2.46. The molecule has 3 rings (SSSR count). The van der Waals surface area contributed by atoms with E-state index in [2.05, 4.69) is 23.2 Å². The third-order valence-electron chi connectivity index (χ3n) is 4.27. The molecule has 0 spiro atoms. The molecule has 2 fully saturated rings. The van der Waals surface area contributed by atoms with Gasteiger partial charge in [0.25, 0.3) is 0 Å². The molecular formula is C15H24N2O. The first kappa shape index (κ1) is 12.2. The molecule has 1 atom stereocenters. The highest BCUT2D eigenvalue weighted by Crippen LogP contribution is 2.34. The monoisotopic (exact) mass is 248 g/mol. The summed E-state index contributed by atoms with van der Waals surface area (Å²) in [6.45, 7) is 6.96. The van der Waals surface area contributed by atoms with E-state index in [-0.39, 0.29) is 0 Å². The summed E-state index contributed by atoms with van der Waals surface area (Å²) in [6, 6.07) is 4.88. The Bertz CT molecular complexity index is 364. The van der Waals surface area contributed by atoms with Crippen LogP contribution in [0.25, 0.3) is 0 Å². The zero-order valence-corrected chi connectivity index (χ0v) is 11.3. The van der Waals surface area contributed by atoms with Gasteiger partial charge >= 0.3 is 0 Å². The molecule has 1 aromatic heterocycles. The van der Waals surface area contributed by atoms with E-state index in [0.717, 1.165) is 24.9 Å². The minimum atomic E-state index is 0.438. The van der Waals surface area contributed by atoms with Crippen LogP contribution in [0.1, 0.15) is 38.4 Å². The van der Waals surface area contributed by atoms with Crippen molar-refractivity contribution in [3.8, 4) is 0 Å². The van der Waals surface area contributed by atoms with Crippen molar-refractivity contribution in [2.24, 2.45) is 5.41 Å². The summed E-state index contributed by atoms with van der Waals surface area (Å²) in [5.74, 6) is 1.11. The normalized spacial score (nSPS) is 28.8. The lowest BCUT2D eigenvalue weighted by Gasteiger charge is -2.38. The van der Waals surface area contributed by atoms with E-state index in [9.17, 15) is 0 Å². The molecule has 0 bridgehead atoms. The molecule has 3 heteroatoms. The van der Waals surface area contributed by atoms with Crippen LogP contribution < -0.4 is 5.32 Å². The van der Waals surface area contributed by atoms with Crippen LogP contribution in [0, 0.1) is 5.41 Å². The quantitative estimate of drug-likeness (QED) is 0.868. The molecule has 1 saturated heterocycles. The summed E-state index contributed by atoms with van der Waals surface area (Å²) >= 11 is 0. The first-order valence-corrected chi connectivity index (χ1v) is 7.22. The fourth-order valence-corrected chi connectivity index (χ4v) is 3.10. The van der Waals surface area contributed by atoms with Gasteiger partial charge in [0, 0.05) is 19.1 Å². The van der Waals surface area contributed by atoms with Gasteiger partial charge in [0.15, 0.2) is 0 Å². The number of nitrogens with one attached hydrogen (secondary N) is 1. The number of hydrogen-bond acceptors (Lipinski definition) is 3. The molecule has 1 aliphatic heterocycles. The van der Waals surface area contributed by atoms with Crippen molar-refractivity contribution >= 4 is 0 Å². The van der Waals surface area contributed by atoms with Gasteiger partial charge in [-0.1, -0.05) is 6.92 Å². The minimum absolute atomic E-state index is 0.438. The van der Waals surface area contributed by atoms with Crippen LogP contribution in [0.2, 0.25) is 0 Å². The number of rotatable bonds is 5. The topological polar surface area (TPSA) is 28.4 Å². The Hall–Kier alpha value is -0.800. The highest BCUT2D eigenvalue weighted by Gasteiger charge is 2.36. The molecular weight excluding hydrogens is 224 g/mol. The van der Waals surface area contributed by atoms with Gasteiger partial charge in [-0.15, -0.1) is 0 Å². The maximum absolute atomic E-state index is 5.51. The summed E-state index contributed by atoms with van der Waals surface area (Å²) in [5, 5.41) is 3.55. The summed E-state index contributed by atoms with van der Waals surface area (Å²) in [4.78, 5) is 2.63. The number of nitrogens with zero attached hydrogens (tertiary/aromatic N) is 1. The molecule has 0 aromatic carbocycles. The summed E-state index contributed by atoms with van der Waals surface area (Å²) in [7, 11) is 0. The number of piperidine rings is 1. The first-order chi connectivity index (χ1) is 8.75. The van der Waals surface area contributed by atoms with E-state index in [1.54, 1.807) is 6.26 Å². The zero-order valence-electron chi connectivity index (χ0n) is 11.3. The fourth-order valence-electron chi connectivity index (χ4n) is 3.10. The second-order valence-electron chi connectivity index (χ2n) is 6.31. The van der Waals surface area contributed by atoms with E-state index in [1.807, 2.05) is 6.07 Å². The molecule has 1 aliphatic carbocycles. The maximum atomic E-state index is 5.51. The van der Waals surface area contributed by atoms with Gasteiger partial charge in [-0.05, 0) is 49.8 Å². The third kappa shape index (κ3) is 2.96. The van der Waals surface area contributed by atoms with E-state index in [4.69, 9.17) is 4.42 Å². The van der Waals surface area contributed by atoms with Crippen LogP contribution in [0.5, 0.6) is 0 Å². The van der Waals surface area contributed by atoms with Gasteiger partial charge in [0.05, 0.1) is 12.8 Å². The average Bonchev–Trinajstić information content (AvgIpc) is 3.09. The molecule has 100 valence electrons. The van der Waals surface area contributed by atoms with Gasteiger partial charge < -0.3 is 9.73 Å². The van der Waals surface area contributed by atoms with E-state index < -0.39 is 0 Å². The van der Waals surface area contributed by atoms with Crippen molar-refractivity contribution < 1.29 is 4.42 Å². The Morgan fingerprint density at radius 2 is 2.39 bits per heavy atom. The Kier molecular flexibility index (Phi) is 3.44. The van der Waals surface area contributed by atoms with Crippen LogP contribution in [0.15, 0.2) is 22.8 Å². The Balaban J connectivity index is 1.62. The standard InChI is InChI=1S/C15H24N2O/c1-15(7-3-8-16-11-15)12-17(13-5-6-13)10-14-4-2-9-18-14/h2,4,9,13,16H,3,5-8,10-12H2,1H3. The second kappa shape index (κ2) is 5.06. The molecule has 2 aliphatic rings. The smallest absolute Gasteiger partial charge is 0.117 e. The highest BCUT2D eigenvalue weighted by molar-refractivity contribution is 5.01. The van der Waals surface area contributed by atoms with Gasteiger partial charge in [-0.3, -0.25) is 4.90 Å². The van der Waals surface area contributed by atoms with E-state index in [0.29, 0.717) is 5.41 Å². The molecule has 2 heterocycles. The van der Waals surface area contributed by atoms with Gasteiger partial charge in [0.1, 0.15) is 5.76 Å². The van der Waals surface area contributed by atoms with Crippen molar-refractivity contribution in [1.82, 2.24) is 10.2 Å². The molecule has 0 amide bonds.